The van der Waals surface area contributed by atoms with Crippen LogP contribution in [0.15, 0.2) is 61.2 Å². The number of aromatic nitrogens is 4. The first-order chi connectivity index (χ1) is 12.8. The standard InChI is InChI=1S/C19H19N5O2/c1-2-26-18(25)15-11-22-19(23-12-15)24(13-16-7-3-5-9-20-16)14-17-8-4-6-10-21-17/h3-12H,2,13-14H2,1H3. The van der Waals surface area contributed by atoms with Crippen LogP contribution in [0.3, 0.4) is 0 Å². The molecule has 0 radical (unpaired) electrons. The van der Waals surface area contributed by atoms with Gasteiger partial charge in [0.05, 0.1) is 36.6 Å². The molecule has 0 aliphatic carbocycles. The van der Waals surface area contributed by atoms with Crippen molar-refractivity contribution >= 4 is 11.9 Å². The number of pyridine rings is 2. The summed E-state index contributed by atoms with van der Waals surface area (Å²) in [6.45, 7) is 3.12. The van der Waals surface area contributed by atoms with Gasteiger partial charge in [-0.15, -0.1) is 0 Å². The maximum absolute atomic E-state index is 11.8. The number of anilines is 1. The number of ether oxygens (including phenoxy) is 1. The summed E-state index contributed by atoms with van der Waals surface area (Å²) in [6.07, 6.45) is 6.45. The molecule has 0 spiro atoms. The topological polar surface area (TPSA) is 81.1 Å². The van der Waals surface area contributed by atoms with Crippen molar-refractivity contribution in [1.82, 2.24) is 19.9 Å². The third-order valence-electron chi connectivity index (χ3n) is 3.59. The van der Waals surface area contributed by atoms with E-state index in [-0.39, 0.29) is 0 Å². The molecule has 0 fully saturated rings. The van der Waals surface area contributed by atoms with Crippen LogP contribution in [0, 0.1) is 0 Å². The monoisotopic (exact) mass is 349 g/mol. The average Bonchev–Trinajstić information content (AvgIpc) is 2.69. The molecule has 3 heterocycles. The number of rotatable bonds is 7. The number of carbonyl (C=O) groups excluding carboxylic acids is 1. The van der Waals surface area contributed by atoms with Gasteiger partial charge in [-0.05, 0) is 31.2 Å². The van der Waals surface area contributed by atoms with Crippen molar-refractivity contribution < 1.29 is 9.53 Å². The van der Waals surface area contributed by atoms with Gasteiger partial charge < -0.3 is 9.64 Å². The summed E-state index contributed by atoms with van der Waals surface area (Å²) >= 11 is 0. The Balaban J connectivity index is 1.83. The van der Waals surface area contributed by atoms with E-state index in [4.69, 9.17) is 4.74 Å². The molecule has 0 aliphatic heterocycles. The molecule has 26 heavy (non-hydrogen) atoms. The normalized spacial score (nSPS) is 10.3. The van der Waals surface area contributed by atoms with Crippen LogP contribution >= 0.6 is 0 Å². The molecule has 132 valence electrons. The third-order valence-corrected chi connectivity index (χ3v) is 3.59. The molecule has 0 aliphatic rings. The minimum absolute atomic E-state index is 0.312. The van der Waals surface area contributed by atoms with Gasteiger partial charge in [0.25, 0.3) is 0 Å². The van der Waals surface area contributed by atoms with Crippen LogP contribution in [0.1, 0.15) is 28.7 Å². The summed E-state index contributed by atoms with van der Waals surface area (Å²) in [5.41, 5.74) is 2.11. The highest BCUT2D eigenvalue weighted by Crippen LogP contribution is 2.14. The molecule has 3 aromatic heterocycles. The van der Waals surface area contributed by atoms with E-state index in [1.807, 2.05) is 41.3 Å². The van der Waals surface area contributed by atoms with Crippen LogP contribution in [0.5, 0.6) is 0 Å². The summed E-state index contributed by atoms with van der Waals surface area (Å²) in [5.74, 6) is 0.0643. The molecule has 0 N–H and O–H groups in total. The third kappa shape index (κ3) is 4.60. The van der Waals surface area contributed by atoms with Crippen LogP contribution in [0.25, 0.3) is 0 Å². The van der Waals surface area contributed by atoms with E-state index in [0.717, 1.165) is 11.4 Å². The molecule has 0 unspecified atom stereocenters. The number of hydrogen-bond acceptors (Lipinski definition) is 7. The Bertz CT molecular complexity index is 784. The van der Waals surface area contributed by atoms with Gasteiger partial charge in [-0.3, -0.25) is 9.97 Å². The lowest BCUT2D eigenvalue weighted by atomic mass is 10.3. The Kier molecular flexibility index (Phi) is 5.82. The highest BCUT2D eigenvalue weighted by molar-refractivity contribution is 5.88. The van der Waals surface area contributed by atoms with Gasteiger partial charge in [-0.1, -0.05) is 12.1 Å². The zero-order valence-corrected chi connectivity index (χ0v) is 14.4. The van der Waals surface area contributed by atoms with Crippen molar-refractivity contribution in [3.8, 4) is 0 Å². The number of carbonyl (C=O) groups is 1. The molecular weight excluding hydrogens is 330 g/mol. The Hall–Kier alpha value is -3.35. The SMILES string of the molecule is CCOC(=O)c1cnc(N(Cc2ccccn2)Cc2ccccn2)nc1. The van der Waals surface area contributed by atoms with Gasteiger partial charge in [0.15, 0.2) is 0 Å². The van der Waals surface area contributed by atoms with Crippen LogP contribution in [0.2, 0.25) is 0 Å². The lowest BCUT2D eigenvalue weighted by Gasteiger charge is -2.22. The maximum atomic E-state index is 11.8. The zero-order valence-electron chi connectivity index (χ0n) is 14.4. The molecule has 3 aromatic rings. The van der Waals surface area contributed by atoms with Crippen LogP contribution < -0.4 is 4.90 Å². The fraction of sp³-hybridized carbons (Fsp3) is 0.211. The predicted octanol–water partition coefficient (Wildman–Crippen LogP) is 2.65. The van der Waals surface area contributed by atoms with E-state index in [1.54, 1.807) is 19.3 Å². The van der Waals surface area contributed by atoms with E-state index in [1.165, 1.54) is 12.4 Å². The van der Waals surface area contributed by atoms with E-state index in [0.29, 0.717) is 31.2 Å². The summed E-state index contributed by atoms with van der Waals surface area (Å²) in [4.78, 5) is 31.1. The lowest BCUT2D eigenvalue weighted by molar-refractivity contribution is 0.0525. The smallest absolute Gasteiger partial charge is 0.341 e. The van der Waals surface area contributed by atoms with Crippen LogP contribution in [-0.4, -0.2) is 32.5 Å². The molecule has 0 aromatic carbocycles. The number of hydrogen-bond donors (Lipinski definition) is 0. The zero-order chi connectivity index (χ0) is 18.2. The highest BCUT2D eigenvalue weighted by atomic mass is 16.5. The van der Waals surface area contributed by atoms with Crippen molar-refractivity contribution in [2.75, 3.05) is 11.5 Å². The quantitative estimate of drug-likeness (QED) is 0.607. The molecule has 0 atom stereocenters. The van der Waals surface area contributed by atoms with Gasteiger partial charge in [-0.2, -0.15) is 0 Å². The van der Waals surface area contributed by atoms with Crippen molar-refractivity contribution in [2.24, 2.45) is 0 Å². The summed E-state index contributed by atoms with van der Waals surface area (Å²) in [7, 11) is 0. The first-order valence-electron chi connectivity index (χ1n) is 8.30. The molecule has 7 heteroatoms. The Morgan fingerprint density at radius 3 is 1.96 bits per heavy atom. The fourth-order valence-electron chi connectivity index (χ4n) is 2.38. The largest absolute Gasteiger partial charge is 0.462 e. The minimum atomic E-state index is -0.431. The van der Waals surface area contributed by atoms with Gasteiger partial charge >= 0.3 is 5.97 Å². The second kappa shape index (κ2) is 8.66. The van der Waals surface area contributed by atoms with Crippen molar-refractivity contribution in [3.05, 3.63) is 78.1 Å². The van der Waals surface area contributed by atoms with Gasteiger partial charge in [-0.25, -0.2) is 14.8 Å². The van der Waals surface area contributed by atoms with E-state index in [2.05, 4.69) is 19.9 Å². The summed E-state index contributed by atoms with van der Waals surface area (Å²) in [6, 6.07) is 11.5. The Morgan fingerprint density at radius 2 is 1.50 bits per heavy atom. The Morgan fingerprint density at radius 1 is 0.923 bits per heavy atom. The van der Waals surface area contributed by atoms with E-state index in [9.17, 15) is 4.79 Å². The second-order valence-corrected chi connectivity index (χ2v) is 5.49. The predicted molar refractivity (Wildman–Crippen MR) is 96.3 cm³/mol. The molecule has 0 amide bonds. The van der Waals surface area contributed by atoms with Gasteiger partial charge in [0.1, 0.15) is 0 Å². The molecule has 0 saturated carbocycles. The summed E-state index contributed by atoms with van der Waals surface area (Å²) < 4.78 is 4.97. The minimum Gasteiger partial charge on any atom is -0.462 e. The molecular formula is C19H19N5O2. The second-order valence-electron chi connectivity index (χ2n) is 5.49. The van der Waals surface area contributed by atoms with Crippen LogP contribution in [0.4, 0.5) is 5.95 Å². The maximum Gasteiger partial charge on any atom is 0.341 e. The molecule has 7 nitrogen and oxygen atoms in total. The van der Waals surface area contributed by atoms with E-state index >= 15 is 0 Å². The van der Waals surface area contributed by atoms with Gasteiger partial charge in [0.2, 0.25) is 5.95 Å². The fourth-order valence-corrected chi connectivity index (χ4v) is 2.38. The first kappa shape index (κ1) is 17.5. The summed E-state index contributed by atoms with van der Waals surface area (Å²) in [5, 5.41) is 0. The van der Waals surface area contributed by atoms with Crippen molar-refractivity contribution in [1.29, 1.82) is 0 Å². The molecule has 3 rings (SSSR count). The first-order valence-corrected chi connectivity index (χ1v) is 8.30. The average molecular weight is 349 g/mol. The van der Waals surface area contributed by atoms with E-state index < -0.39 is 5.97 Å². The highest BCUT2D eigenvalue weighted by Gasteiger charge is 2.14. The molecule has 0 saturated heterocycles. The Labute approximate surface area is 151 Å². The van der Waals surface area contributed by atoms with Gasteiger partial charge in [0, 0.05) is 24.8 Å². The number of nitrogens with zero attached hydrogens (tertiary/aromatic N) is 5. The molecule has 0 bridgehead atoms. The van der Waals surface area contributed by atoms with Crippen molar-refractivity contribution in [3.63, 3.8) is 0 Å². The van der Waals surface area contributed by atoms with Crippen molar-refractivity contribution in [2.45, 2.75) is 20.0 Å². The van der Waals surface area contributed by atoms with Crippen LogP contribution in [-0.2, 0) is 17.8 Å². The lowest BCUT2D eigenvalue weighted by Crippen LogP contribution is -2.25. The number of esters is 1.